The second-order valence-corrected chi connectivity index (χ2v) is 5.90. The van der Waals surface area contributed by atoms with Crippen LogP contribution in [0.5, 0.6) is 5.75 Å². The Labute approximate surface area is 126 Å². The fourth-order valence-electron chi connectivity index (χ4n) is 1.79. The van der Waals surface area contributed by atoms with Crippen molar-refractivity contribution in [2.45, 2.75) is 6.42 Å². The van der Waals surface area contributed by atoms with E-state index in [-0.39, 0.29) is 5.56 Å². The molecule has 0 aliphatic carbocycles. The maximum atomic E-state index is 11.2. The molecule has 0 fully saturated rings. The van der Waals surface area contributed by atoms with Crippen LogP contribution in [0.3, 0.4) is 0 Å². The van der Waals surface area contributed by atoms with E-state index in [0.29, 0.717) is 18.0 Å². The number of thiophene rings is 1. The molecule has 1 aromatic heterocycles. The number of methoxy groups -OCH3 is 1. The van der Waals surface area contributed by atoms with Gasteiger partial charge in [0.2, 0.25) is 0 Å². The number of hydrogen-bond acceptors (Lipinski definition) is 4. The SMILES string of the molecule is COc1ccc(C(=O)O)c(NCCc2ccc(Cl)s2)c1. The molecule has 0 unspecified atom stereocenters. The average molecular weight is 312 g/mol. The zero-order valence-corrected chi connectivity index (χ0v) is 12.4. The Morgan fingerprint density at radius 1 is 1.40 bits per heavy atom. The van der Waals surface area contributed by atoms with Gasteiger partial charge in [-0.3, -0.25) is 0 Å². The predicted molar refractivity (Wildman–Crippen MR) is 81.5 cm³/mol. The Balaban J connectivity index is 2.05. The fourth-order valence-corrected chi connectivity index (χ4v) is 2.88. The van der Waals surface area contributed by atoms with E-state index in [0.717, 1.165) is 15.6 Å². The second-order valence-electron chi connectivity index (χ2n) is 4.10. The molecular formula is C14H14ClNO3S. The topological polar surface area (TPSA) is 58.6 Å². The molecule has 0 aliphatic rings. The number of carboxylic acid groups (broad SMARTS) is 1. The first-order valence-electron chi connectivity index (χ1n) is 5.99. The third-order valence-corrected chi connectivity index (χ3v) is 4.06. The van der Waals surface area contributed by atoms with Gasteiger partial charge < -0.3 is 15.2 Å². The molecule has 0 saturated heterocycles. The van der Waals surface area contributed by atoms with Crippen molar-refractivity contribution < 1.29 is 14.6 Å². The third kappa shape index (κ3) is 3.65. The van der Waals surface area contributed by atoms with Crippen LogP contribution in [0, 0.1) is 0 Å². The Hall–Kier alpha value is -1.72. The maximum absolute atomic E-state index is 11.2. The van der Waals surface area contributed by atoms with Crippen LogP contribution < -0.4 is 10.1 Å². The number of halogens is 1. The summed E-state index contributed by atoms with van der Waals surface area (Å²) in [5.41, 5.74) is 0.787. The van der Waals surface area contributed by atoms with Crippen molar-refractivity contribution >= 4 is 34.6 Å². The number of carboxylic acids is 1. The molecule has 0 bridgehead atoms. The van der Waals surface area contributed by atoms with Crippen LogP contribution in [-0.4, -0.2) is 24.7 Å². The molecule has 2 aromatic rings. The van der Waals surface area contributed by atoms with E-state index in [2.05, 4.69) is 5.32 Å². The highest BCUT2D eigenvalue weighted by molar-refractivity contribution is 7.16. The number of rotatable bonds is 6. The number of nitrogens with one attached hydrogen (secondary N) is 1. The van der Waals surface area contributed by atoms with E-state index in [1.165, 1.54) is 17.4 Å². The first kappa shape index (κ1) is 14.7. The molecule has 1 heterocycles. The monoisotopic (exact) mass is 311 g/mol. The number of carbonyl (C=O) groups is 1. The molecule has 2 N–H and O–H groups in total. The standard InChI is InChI=1S/C14H14ClNO3S/c1-19-9-2-4-11(14(17)18)12(8-9)16-7-6-10-3-5-13(15)20-10/h2-5,8,16H,6-7H2,1H3,(H,17,18). The van der Waals surface area contributed by atoms with Gasteiger partial charge in [-0.15, -0.1) is 11.3 Å². The van der Waals surface area contributed by atoms with Crippen molar-refractivity contribution in [2.24, 2.45) is 0 Å². The molecule has 6 heteroatoms. The Kier molecular flexibility index (Phi) is 4.87. The van der Waals surface area contributed by atoms with Crippen LogP contribution in [0.25, 0.3) is 0 Å². The summed E-state index contributed by atoms with van der Waals surface area (Å²) in [5.74, 6) is -0.342. The zero-order chi connectivity index (χ0) is 14.5. The highest BCUT2D eigenvalue weighted by atomic mass is 35.5. The van der Waals surface area contributed by atoms with E-state index in [4.69, 9.17) is 21.4 Å². The van der Waals surface area contributed by atoms with Gasteiger partial charge in [0.05, 0.1) is 22.7 Å². The minimum Gasteiger partial charge on any atom is -0.497 e. The highest BCUT2D eigenvalue weighted by Crippen LogP contribution is 2.24. The summed E-state index contributed by atoms with van der Waals surface area (Å²) < 4.78 is 5.87. The quantitative estimate of drug-likeness (QED) is 0.852. The van der Waals surface area contributed by atoms with Gasteiger partial charge in [0.25, 0.3) is 0 Å². The largest absolute Gasteiger partial charge is 0.497 e. The first-order valence-corrected chi connectivity index (χ1v) is 7.19. The minimum absolute atomic E-state index is 0.231. The lowest BCUT2D eigenvalue weighted by molar-refractivity contribution is 0.0698. The normalized spacial score (nSPS) is 10.3. The van der Waals surface area contributed by atoms with Crippen LogP contribution >= 0.6 is 22.9 Å². The average Bonchev–Trinajstić information content (AvgIpc) is 2.84. The number of anilines is 1. The molecule has 0 atom stereocenters. The van der Waals surface area contributed by atoms with Crippen molar-refractivity contribution in [3.63, 3.8) is 0 Å². The summed E-state index contributed by atoms with van der Waals surface area (Å²) in [7, 11) is 1.55. The lowest BCUT2D eigenvalue weighted by Crippen LogP contribution is -2.09. The number of benzene rings is 1. The predicted octanol–water partition coefficient (Wildman–Crippen LogP) is 3.76. The fraction of sp³-hybridized carbons (Fsp3) is 0.214. The van der Waals surface area contributed by atoms with Gasteiger partial charge >= 0.3 is 5.97 Å². The van der Waals surface area contributed by atoms with Gasteiger partial charge in [-0.1, -0.05) is 11.6 Å². The summed E-state index contributed by atoms with van der Waals surface area (Å²) in [5, 5.41) is 12.3. The molecule has 0 spiro atoms. The Morgan fingerprint density at radius 2 is 2.20 bits per heavy atom. The molecule has 0 amide bonds. The van der Waals surface area contributed by atoms with Crippen LogP contribution in [0.15, 0.2) is 30.3 Å². The first-order chi connectivity index (χ1) is 9.60. The van der Waals surface area contributed by atoms with Crippen molar-refractivity contribution in [3.8, 4) is 5.75 Å². The lowest BCUT2D eigenvalue weighted by atomic mass is 10.1. The number of aromatic carboxylic acids is 1. The van der Waals surface area contributed by atoms with E-state index in [1.807, 2.05) is 12.1 Å². The third-order valence-electron chi connectivity index (χ3n) is 2.77. The maximum Gasteiger partial charge on any atom is 0.337 e. The molecule has 0 saturated carbocycles. The summed E-state index contributed by atoms with van der Waals surface area (Å²) in [6, 6.07) is 8.68. The number of hydrogen-bond donors (Lipinski definition) is 2. The molecule has 2 rings (SSSR count). The molecule has 20 heavy (non-hydrogen) atoms. The Bertz CT molecular complexity index is 612. The van der Waals surface area contributed by atoms with Gasteiger partial charge in [-0.25, -0.2) is 4.79 Å². The summed E-state index contributed by atoms with van der Waals surface area (Å²) in [4.78, 5) is 12.3. The minimum atomic E-state index is -0.964. The molecule has 1 aromatic carbocycles. The van der Waals surface area contributed by atoms with Gasteiger partial charge in [0.15, 0.2) is 0 Å². The van der Waals surface area contributed by atoms with Gasteiger partial charge in [0, 0.05) is 17.5 Å². The van der Waals surface area contributed by atoms with E-state index in [9.17, 15) is 4.79 Å². The zero-order valence-electron chi connectivity index (χ0n) is 10.9. The van der Waals surface area contributed by atoms with Gasteiger partial charge in [-0.2, -0.15) is 0 Å². The summed E-state index contributed by atoms with van der Waals surface area (Å²) in [6.45, 7) is 0.629. The van der Waals surface area contributed by atoms with Crippen LogP contribution in [0.4, 0.5) is 5.69 Å². The Morgan fingerprint density at radius 3 is 2.80 bits per heavy atom. The highest BCUT2D eigenvalue weighted by Gasteiger charge is 2.11. The van der Waals surface area contributed by atoms with Crippen molar-refractivity contribution in [1.82, 2.24) is 0 Å². The summed E-state index contributed by atoms with van der Waals surface area (Å²) >= 11 is 7.39. The van der Waals surface area contributed by atoms with E-state index < -0.39 is 5.97 Å². The summed E-state index contributed by atoms with van der Waals surface area (Å²) in [6.07, 6.45) is 0.785. The molecule has 0 aliphatic heterocycles. The van der Waals surface area contributed by atoms with E-state index >= 15 is 0 Å². The van der Waals surface area contributed by atoms with Crippen molar-refractivity contribution in [2.75, 3.05) is 19.0 Å². The van der Waals surface area contributed by atoms with Crippen molar-refractivity contribution in [1.29, 1.82) is 0 Å². The van der Waals surface area contributed by atoms with Crippen molar-refractivity contribution in [3.05, 3.63) is 45.1 Å². The lowest BCUT2D eigenvalue weighted by Gasteiger charge is -2.10. The van der Waals surface area contributed by atoms with Crippen LogP contribution in [0.1, 0.15) is 15.2 Å². The van der Waals surface area contributed by atoms with Gasteiger partial charge in [-0.05, 0) is 30.7 Å². The number of ether oxygens (including phenoxy) is 1. The molecule has 4 nitrogen and oxygen atoms in total. The molecule has 106 valence electrons. The van der Waals surface area contributed by atoms with Gasteiger partial charge in [0.1, 0.15) is 5.75 Å². The van der Waals surface area contributed by atoms with Crippen LogP contribution in [-0.2, 0) is 6.42 Å². The molecular weight excluding hydrogens is 298 g/mol. The van der Waals surface area contributed by atoms with Crippen LogP contribution in [0.2, 0.25) is 4.34 Å². The second kappa shape index (κ2) is 6.63. The smallest absolute Gasteiger partial charge is 0.337 e. The molecule has 0 radical (unpaired) electrons. The van der Waals surface area contributed by atoms with E-state index in [1.54, 1.807) is 19.2 Å².